The van der Waals surface area contributed by atoms with Crippen LogP contribution in [0.15, 0.2) is 30.3 Å². The Morgan fingerprint density at radius 2 is 1.57 bits per heavy atom. The Kier molecular flexibility index (Phi) is 6.45. The molecule has 214 valence electrons. The summed E-state index contributed by atoms with van der Waals surface area (Å²) in [4.78, 5) is 29.2. The highest BCUT2D eigenvalue weighted by atomic mass is 19.4. The van der Waals surface area contributed by atoms with Crippen LogP contribution < -0.4 is 10.6 Å². The molecule has 0 radical (unpaired) electrons. The number of benzene rings is 2. The molecule has 11 heteroatoms. The van der Waals surface area contributed by atoms with E-state index < -0.39 is 63.2 Å². The molecule has 6 nitrogen and oxygen atoms in total. The average molecular weight is 564 g/mol. The van der Waals surface area contributed by atoms with Crippen molar-refractivity contribution in [2.24, 2.45) is 23.5 Å². The van der Waals surface area contributed by atoms with Gasteiger partial charge in [0.15, 0.2) is 0 Å². The molecule has 0 spiro atoms. The number of carbonyl (C=O) groups excluding carboxylic acids is 2. The molecule has 1 aliphatic heterocycles. The van der Waals surface area contributed by atoms with Gasteiger partial charge in [-0.05, 0) is 80.5 Å². The van der Waals surface area contributed by atoms with E-state index in [0.717, 1.165) is 42.3 Å². The molecule has 1 atom stereocenters. The fourth-order valence-corrected chi connectivity index (χ4v) is 6.30. The zero-order valence-corrected chi connectivity index (χ0v) is 21.7. The smallest absolute Gasteiger partial charge is 0.371 e. The maximum Gasteiger partial charge on any atom is 0.416 e. The maximum atomic E-state index is 14.9. The fraction of sp³-hybridized carbons (Fsp3) is 0.517. The quantitative estimate of drug-likeness (QED) is 0.438. The Hall–Kier alpha value is -3.05. The van der Waals surface area contributed by atoms with Gasteiger partial charge in [0, 0.05) is 36.8 Å². The van der Waals surface area contributed by atoms with Crippen molar-refractivity contribution in [3.8, 4) is 0 Å². The van der Waals surface area contributed by atoms with Crippen molar-refractivity contribution in [1.82, 2.24) is 4.90 Å². The number of halogens is 5. The molecule has 3 saturated carbocycles. The lowest BCUT2D eigenvalue weighted by Crippen LogP contribution is -2.51. The van der Waals surface area contributed by atoms with E-state index in [4.69, 9.17) is 5.73 Å². The van der Waals surface area contributed by atoms with E-state index >= 15 is 0 Å². The number of hydrogen-bond acceptors (Lipinski definition) is 4. The van der Waals surface area contributed by atoms with E-state index in [0.29, 0.717) is 30.7 Å². The van der Waals surface area contributed by atoms with Crippen molar-refractivity contribution in [1.29, 1.82) is 0 Å². The number of nitrogens with two attached hydrogens (primary N) is 1. The van der Waals surface area contributed by atoms with Gasteiger partial charge >= 0.3 is 6.18 Å². The Labute approximate surface area is 227 Å². The Bertz CT molecular complexity index is 1330. The molecule has 1 unspecified atom stereocenters. The van der Waals surface area contributed by atoms with E-state index in [1.54, 1.807) is 0 Å². The largest absolute Gasteiger partial charge is 0.416 e. The van der Waals surface area contributed by atoms with E-state index in [-0.39, 0.29) is 18.5 Å². The summed E-state index contributed by atoms with van der Waals surface area (Å²) in [7, 11) is 0. The molecule has 2 aromatic carbocycles. The number of fused-ring (bicyclic) bond motifs is 1. The molecule has 3 aliphatic carbocycles. The summed E-state index contributed by atoms with van der Waals surface area (Å²) in [5.74, 6) is -3.91. The van der Waals surface area contributed by atoms with E-state index in [2.05, 4.69) is 4.90 Å². The first-order valence-corrected chi connectivity index (χ1v) is 13.7. The molecule has 3 N–H and O–H groups in total. The van der Waals surface area contributed by atoms with Crippen LogP contribution in [0.5, 0.6) is 0 Å². The van der Waals surface area contributed by atoms with Gasteiger partial charge in [-0.15, -0.1) is 0 Å². The third kappa shape index (κ3) is 4.66. The normalized spacial score (nSPS) is 26.3. The number of primary amides is 1. The highest BCUT2D eigenvalue weighted by Gasteiger charge is 2.58. The number of anilines is 1. The zero-order valence-electron chi connectivity index (χ0n) is 21.7. The molecule has 2 aromatic rings. The Morgan fingerprint density at radius 1 is 1.00 bits per heavy atom. The molecule has 6 rings (SSSR count). The first-order valence-electron chi connectivity index (χ1n) is 13.7. The lowest BCUT2D eigenvalue weighted by atomic mass is 9.78. The topological polar surface area (TPSA) is 86.9 Å². The minimum absolute atomic E-state index is 0.0685. The van der Waals surface area contributed by atoms with E-state index in [1.807, 2.05) is 0 Å². The number of alkyl halides is 3. The zero-order chi connectivity index (χ0) is 28.6. The van der Waals surface area contributed by atoms with Crippen molar-refractivity contribution in [2.75, 3.05) is 24.5 Å². The van der Waals surface area contributed by atoms with Gasteiger partial charge in [-0.3, -0.25) is 14.5 Å². The summed E-state index contributed by atoms with van der Waals surface area (Å²) in [5, 5.41) is 11.6. The molecule has 4 aliphatic rings. The third-order valence-electron chi connectivity index (χ3n) is 8.79. The summed E-state index contributed by atoms with van der Waals surface area (Å²) in [5.41, 5.74) is -2.68. The van der Waals surface area contributed by atoms with E-state index in [9.17, 15) is 36.6 Å². The number of amides is 2. The van der Waals surface area contributed by atoms with Crippen LogP contribution in [0.3, 0.4) is 0 Å². The summed E-state index contributed by atoms with van der Waals surface area (Å²) >= 11 is 0. The summed E-state index contributed by atoms with van der Waals surface area (Å²) in [6.45, 7) is 1.96. The van der Waals surface area contributed by atoms with Crippen molar-refractivity contribution in [3.05, 3.63) is 64.2 Å². The van der Waals surface area contributed by atoms with Gasteiger partial charge in [0.2, 0.25) is 11.5 Å². The molecule has 0 aromatic heterocycles. The third-order valence-corrected chi connectivity index (χ3v) is 8.79. The van der Waals surface area contributed by atoms with Gasteiger partial charge in [-0.25, -0.2) is 8.78 Å². The van der Waals surface area contributed by atoms with Crippen LogP contribution in [-0.2, 0) is 16.6 Å². The number of nitrogens with zero attached hydrogens (tertiary/aromatic N) is 2. The van der Waals surface area contributed by atoms with Crippen molar-refractivity contribution < 1.29 is 36.6 Å². The first-order chi connectivity index (χ1) is 18.9. The Morgan fingerprint density at radius 3 is 2.08 bits per heavy atom. The maximum absolute atomic E-state index is 14.9. The second-order valence-corrected chi connectivity index (χ2v) is 11.8. The molecule has 40 heavy (non-hydrogen) atoms. The lowest BCUT2D eigenvalue weighted by Gasteiger charge is -2.44. The van der Waals surface area contributed by atoms with Crippen LogP contribution in [-0.4, -0.2) is 47.5 Å². The monoisotopic (exact) mass is 563 g/mol. The summed E-state index contributed by atoms with van der Waals surface area (Å²) < 4.78 is 72.8. The average Bonchev–Trinajstić information content (AvgIpc) is 3.78. The Balaban J connectivity index is 1.37. The molecule has 0 bridgehead atoms. The highest BCUT2D eigenvalue weighted by Crippen LogP contribution is 2.52. The number of aliphatic hydroxyl groups is 1. The second-order valence-electron chi connectivity index (χ2n) is 11.8. The molecule has 0 saturated heterocycles. The minimum Gasteiger partial charge on any atom is -0.371 e. The van der Waals surface area contributed by atoms with Gasteiger partial charge in [-0.1, -0.05) is 6.07 Å². The van der Waals surface area contributed by atoms with E-state index in [1.165, 1.54) is 25.7 Å². The molecule has 1 heterocycles. The molecular formula is C29H30F5N3O3. The molecular weight excluding hydrogens is 533 g/mol. The number of carbonyl (C=O) groups is 2. The molecule has 3 fully saturated rings. The van der Waals surface area contributed by atoms with Crippen LogP contribution in [0.1, 0.15) is 65.6 Å². The number of rotatable bonds is 9. The van der Waals surface area contributed by atoms with Gasteiger partial charge < -0.3 is 15.7 Å². The van der Waals surface area contributed by atoms with Crippen LogP contribution in [0.25, 0.3) is 0 Å². The SMILES string of the molecule is NC(=O)c1cc2c(c(C(F)(F)F)c1)C(O)(c1c(F)cccc1F)C(=O)N2C[C@H]1C[C@H](N(CC2CC2)CC2CC2)C1. The van der Waals surface area contributed by atoms with Crippen LogP contribution in [0.2, 0.25) is 0 Å². The van der Waals surface area contributed by atoms with Gasteiger partial charge in [-0.2, -0.15) is 13.2 Å². The van der Waals surface area contributed by atoms with Gasteiger partial charge in [0.05, 0.1) is 16.8 Å². The van der Waals surface area contributed by atoms with Gasteiger partial charge in [0.1, 0.15) is 11.6 Å². The summed E-state index contributed by atoms with van der Waals surface area (Å²) in [6, 6.07) is 4.21. The first kappa shape index (κ1) is 27.1. The number of hydrogen-bond donors (Lipinski definition) is 2. The summed E-state index contributed by atoms with van der Waals surface area (Å²) in [6.07, 6.45) is 1.09. The predicted octanol–water partition coefficient (Wildman–Crippen LogP) is 4.57. The van der Waals surface area contributed by atoms with Crippen LogP contribution >= 0.6 is 0 Å². The van der Waals surface area contributed by atoms with Gasteiger partial charge in [0.25, 0.3) is 5.91 Å². The fourth-order valence-electron chi connectivity index (χ4n) is 6.30. The van der Waals surface area contributed by atoms with Crippen LogP contribution in [0, 0.1) is 29.4 Å². The predicted molar refractivity (Wildman–Crippen MR) is 135 cm³/mol. The van der Waals surface area contributed by atoms with Crippen molar-refractivity contribution in [3.63, 3.8) is 0 Å². The van der Waals surface area contributed by atoms with Crippen molar-refractivity contribution in [2.45, 2.75) is 56.3 Å². The minimum atomic E-state index is -5.17. The van der Waals surface area contributed by atoms with Crippen molar-refractivity contribution >= 4 is 17.5 Å². The standard InChI is InChI=1S/C29H30F5N3O3/c30-21-2-1-3-22(31)25(21)28(40)24-20(29(32,33)34)10-18(26(35)38)11-23(24)37(27(28)39)14-17-8-19(9-17)36(12-15-4-5-15)13-16-6-7-16/h1-3,10-11,15-17,19,40H,4-9,12-14H2,(H2,35,38)/t17-,19-,28?. The highest BCUT2D eigenvalue weighted by molar-refractivity contribution is 6.11. The van der Waals surface area contributed by atoms with Crippen LogP contribution in [0.4, 0.5) is 27.6 Å². The lowest BCUT2D eigenvalue weighted by molar-refractivity contribution is -0.142. The second kappa shape index (κ2) is 9.51. The molecule has 2 amide bonds.